The lowest BCUT2D eigenvalue weighted by molar-refractivity contribution is -0.139. The molecule has 2 rings (SSSR count). The smallest absolute Gasteiger partial charge is 0.312 e. The Morgan fingerprint density at radius 1 is 1.33 bits per heavy atom. The van der Waals surface area contributed by atoms with E-state index in [1.807, 2.05) is 24.3 Å². The average molecular weight is 373 g/mol. The van der Waals surface area contributed by atoms with Crippen LogP contribution in [0.3, 0.4) is 0 Å². The van der Waals surface area contributed by atoms with Crippen molar-refractivity contribution in [2.24, 2.45) is 0 Å². The lowest BCUT2D eigenvalue weighted by Gasteiger charge is -2.13. The van der Waals surface area contributed by atoms with Crippen molar-refractivity contribution in [3.8, 4) is 0 Å². The molecule has 0 bridgehead atoms. The van der Waals surface area contributed by atoms with E-state index in [4.69, 9.17) is 11.6 Å². The van der Waals surface area contributed by atoms with Crippen LogP contribution in [-0.2, 0) is 4.79 Å². The van der Waals surface area contributed by atoms with Crippen molar-refractivity contribution in [1.82, 2.24) is 3.59 Å². The molecule has 114 valence electrons. The van der Waals surface area contributed by atoms with Crippen LogP contribution in [0.25, 0.3) is 10.9 Å². The minimum atomic E-state index is -0.822. The van der Waals surface area contributed by atoms with Gasteiger partial charge in [0.25, 0.3) is 0 Å². The Morgan fingerprint density at radius 2 is 2.05 bits per heavy atom. The third kappa shape index (κ3) is 3.43. The molecular formula is C16H19BrClNO2. The van der Waals surface area contributed by atoms with Crippen molar-refractivity contribution in [2.45, 2.75) is 44.9 Å². The maximum atomic E-state index is 11.7. The number of aliphatic carboxylic acids is 1. The topological polar surface area (TPSA) is 42.2 Å². The van der Waals surface area contributed by atoms with Crippen LogP contribution in [0.5, 0.6) is 0 Å². The molecule has 0 aliphatic carbocycles. The maximum absolute atomic E-state index is 11.7. The lowest BCUT2D eigenvalue weighted by atomic mass is 9.97. The minimum Gasteiger partial charge on any atom is -0.481 e. The first-order valence-electron chi connectivity index (χ1n) is 7.25. The van der Waals surface area contributed by atoms with Crippen molar-refractivity contribution < 1.29 is 9.90 Å². The summed E-state index contributed by atoms with van der Waals surface area (Å²) in [5.41, 5.74) is 1.54. The summed E-state index contributed by atoms with van der Waals surface area (Å²) >= 11 is 9.89. The summed E-state index contributed by atoms with van der Waals surface area (Å²) in [5.74, 6) is -1.40. The largest absolute Gasteiger partial charge is 0.481 e. The fourth-order valence-electron chi connectivity index (χ4n) is 2.63. The Kier molecular flexibility index (Phi) is 5.71. The summed E-state index contributed by atoms with van der Waals surface area (Å²) in [4.78, 5) is 11.7. The van der Waals surface area contributed by atoms with Crippen molar-refractivity contribution in [2.75, 3.05) is 0 Å². The molecule has 3 nitrogen and oxygen atoms in total. The van der Waals surface area contributed by atoms with Crippen LogP contribution in [0, 0.1) is 0 Å². The van der Waals surface area contributed by atoms with Gasteiger partial charge in [0.2, 0.25) is 0 Å². The second-order valence-electron chi connectivity index (χ2n) is 5.24. The van der Waals surface area contributed by atoms with Crippen LogP contribution in [0.4, 0.5) is 0 Å². The summed E-state index contributed by atoms with van der Waals surface area (Å²) in [7, 11) is 0. The Balaban J connectivity index is 2.34. The van der Waals surface area contributed by atoms with Crippen LogP contribution in [-0.4, -0.2) is 14.7 Å². The highest BCUT2D eigenvalue weighted by molar-refractivity contribution is 9.08. The van der Waals surface area contributed by atoms with Crippen LogP contribution < -0.4 is 0 Å². The highest BCUT2D eigenvalue weighted by Crippen LogP contribution is 2.38. The van der Waals surface area contributed by atoms with Crippen molar-refractivity contribution in [3.05, 3.63) is 35.0 Å². The molecule has 1 atom stereocenters. The first kappa shape index (κ1) is 16.4. The molecule has 0 saturated heterocycles. The highest BCUT2D eigenvalue weighted by atomic mass is 79.9. The summed E-state index contributed by atoms with van der Waals surface area (Å²) in [5, 5.41) is 11.0. The van der Waals surface area contributed by atoms with Gasteiger partial charge in [-0.1, -0.05) is 62.4 Å². The fraction of sp³-hybridized carbons (Fsp3) is 0.438. The van der Waals surface area contributed by atoms with Crippen LogP contribution in [0.1, 0.15) is 50.6 Å². The molecule has 0 saturated carbocycles. The lowest BCUT2D eigenvalue weighted by Crippen LogP contribution is -2.14. The molecule has 1 N–H and O–H groups in total. The third-order valence-corrected chi connectivity index (χ3v) is 4.92. The van der Waals surface area contributed by atoms with Gasteiger partial charge in [0.05, 0.1) is 38.3 Å². The number of hydrogen-bond donors (Lipinski definition) is 1. The van der Waals surface area contributed by atoms with Gasteiger partial charge >= 0.3 is 5.97 Å². The number of benzene rings is 1. The van der Waals surface area contributed by atoms with Gasteiger partial charge in [-0.05, 0) is 12.5 Å². The molecule has 0 aliphatic rings. The van der Waals surface area contributed by atoms with Gasteiger partial charge < -0.3 is 5.11 Å². The molecule has 0 spiro atoms. The zero-order chi connectivity index (χ0) is 15.4. The molecule has 21 heavy (non-hydrogen) atoms. The molecule has 5 heteroatoms. The van der Waals surface area contributed by atoms with E-state index in [1.54, 1.807) is 3.59 Å². The average Bonchev–Trinajstić information content (AvgIpc) is 2.72. The molecule has 1 aromatic carbocycles. The molecule has 0 fully saturated rings. The van der Waals surface area contributed by atoms with E-state index in [0.29, 0.717) is 17.1 Å². The second kappa shape index (κ2) is 7.32. The molecule has 1 unspecified atom stereocenters. The normalized spacial score (nSPS) is 12.7. The monoisotopic (exact) mass is 371 g/mol. The van der Waals surface area contributed by atoms with Crippen LogP contribution >= 0.6 is 27.7 Å². The summed E-state index contributed by atoms with van der Waals surface area (Å²) in [6.07, 6.45) is 4.83. The summed E-state index contributed by atoms with van der Waals surface area (Å²) in [6.45, 7) is 2.14. The molecule has 1 aromatic heterocycles. The predicted octanol–water partition coefficient (Wildman–Crippen LogP) is 5.59. The maximum Gasteiger partial charge on any atom is 0.312 e. The Morgan fingerprint density at radius 3 is 2.67 bits per heavy atom. The Labute approximate surface area is 138 Å². The van der Waals surface area contributed by atoms with E-state index in [0.717, 1.165) is 36.6 Å². The van der Waals surface area contributed by atoms with Crippen molar-refractivity contribution in [1.29, 1.82) is 0 Å². The number of unbranched alkanes of at least 4 members (excludes halogenated alkanes) is 3. The van der Waals surface area contributed by atoms with Gasteiger partial charge in [0, 0.05) is 5.39 Å². The van der Waals surface area contributed by atoms with Gasteiger partial charge in [-0.15, -0.1) is 0 Å². The van der Waals surface area contributed by atoms with Gasteiger partial charge in [-0.3, -0.25) is 8.39 Å². The minimum absolute atomic E-state index is 0.533. The van der Waals surface area contributed by atoms with Crippen LogP contribution in [0.2, 0.25) is 5.02 Å². The quantitative estimate of drug-likeness (QED) is 0.644. The van der Waals surface area contributed by atoms with Gasteiger partial charge in [0.1, 0.15) is 0 Å². The van der Waals surface area contributed by atoms with Gasteiger partial charge in [0.15, 0.2) is 0 Å². The Hall–Kier alpha value is -1.000. The van der Waals surface area contributed by atoms with Gasteiger partial charge in [-0.25, -0.2) is 0 Å². The number of halogens is 2. The fourth-order valence-corrected chi connectivity index (χ4v) is 3.84. The van der Waals surface area contributed by atoms with E-state index in [1.165, 1.54) is 0 Å². The number of hydrogen-bond acceptors (Lipinski definition) is 1. The summed E-state index contributed by atoms with van der Waals surface area (Å²) < 4.78 is 1.74. The molecule has 0 amide bonds. The number of carbonyl (C=O) groups is 1. The standard InChI is InChI=1S/C16H19BrClNO2/c1-2-3-4-5-9-12(16(20)21)15-14(18)11-8-6-7-10-13(11)19(15)17/h6-8,10,12H,2-5,9H2,1H3,(H,20,21). The Bertz CT molecular complexity index is 599. The summed E-state index contributed by atoms with van der Waals surface area (Å²) in [6, 6.07) is 7.66. The molecule has 0 aliphatic heterocycles. The highest BCUT2D eigenvalue weighted by Gasteiger charge is 2.27. The number of carboxylic acids is 1. The number of para-hydroxylation sites is 1. The third-order valence-electron chi connectivity index (χ3n) is 3.76. The number of fused-ring (bicyclic) bond motifs is 1. The molecule has 1 heterocycles. The van der Waals surface area contributed by atoms with E-state index in [9.17, 15) is 9.90 Å². The number of aromatic nitrogens is 1. The number of carboxylic acid groups (broad SMARTS) is 1. The van der Waals surface area contributed by atoms with E-state index < -0.39 is 11.9 Å². The zero-order valence-electron chi connectivity index (χ0n) is 12.0. The SMILES string of the molecule is CCCCCCC(C(=O)O)c1c(Cl)c2ccccc2n1Br. The molecule has 0 radical (unpaired) electrons. The second-order valence-corrected chi connectivity index (χ2v) is 6.32. The van der Waals surface area contributed by atoms with Gasteiger partial charge in [-0.2, -0.15) is 0 Å². The van der Waals surface area contributed by atoms with E-state index >= 15 is 0 Å². The molecular weight excluding hydrogens is 354 g/mol. The number of nitrogens with zero attached hydrogens (tertiary/aromatic N) is 1. The van der Waals surface area contributed by atoms with Crippen molar-refractivity contribution >= 4 is 44.6 Å². The molecule has 2 aromatic rings. The number of rotatable bonds is 7. The first-order chi connectivity index (χ1) is 10.1. The zero-order valence-corrected chi connectivity index (χ0v) is 14.3. The van der Waals surface area contributed by atoms with E-state index in [2.05, 4.69) is 23.1 Å². The first-order valence-corrected chi connectivity index (χ1v) is 8.34. The predicted molar refractivity (Wildman–Crippen MR) is 90.4 cm³/mol. The van der Waals surface area contributed by atoms with E-state index in [-0.39, 0.29) is 0 Å². The van der Waals surface area contributed by atoms with Crippen molar-refractivity contribution in [3.63, 3.8) is 0 Å². The van der Waals surface area contributed by atoms with Crippen LogP contribution in [0.15, 0.2) is 24.3 Å².